The maximum atomic E-state index is 11.7. The number of ether oxygens (including phenoxy) is 1. The number of urea groups is 1. The Kier molecular flexibility index (Phi) is 7.25. The van der Waals surface area contributed by atoms with E-state index in [4.69, 9.17) is 9.84 Å². The monoisotopic (exact) mass is 294 g/mol. The molecule has 0 aliphatic carbocycles. The minimum atomic E-state index is -0.362. The minimum Gasteiger partial charge on any atom is -0.462 e. The van der Waals surface area contributed by atoms with Gasteiger partial charge in [0.05, 0.1) is 18.8 Å². The van der Waals surface area contributed by atoms with Crippen LogP contribution in [0.15, 0.2) is 24.3 Å². The summed E-state index contributed by atoms with van der Waals surface area (Å²) in [5.74, 6) is -0.362. The molecule has 1 rings (SSSR count). The zero-order chi connectivity index (χ0) is 15.7. The lowest BCUT2D eigenvalue weighted by Crippen LogP contribution is -2.33. The van der Waals surface area contributed by atoms with Gasteiger partial charge in [-0.25, -0.2) is 9.59 Å². The first-order valence-electron chi connectivity index (χ1n) is 6.98. The van der Waals surface area contributed by atoms with Gasteiger partial charge in [-0.2, -0.15) is 0 Å². The standard InChI is InChI=1S/C15H22N2O4/c1-3-4-11-21-14(19)12-5-7-13(8-6-12)16-15(20)17(2)9-10-18/h5-8,18H,3-4,9-11H2,1-2H3,(H,16,20). The molecule has 0 aliphatic heterocycles. The normalized spacial score (nSPS) is 10.0. The number of unbranched alkanes of at least 4 members (excludes halogenated alkanes) is 1. The molecule has 0 spiro atoms. The van der Waals surface area contributed by atoms with Crippen LogP contribution in [0, 0.1) is 0 Å². The fourth-order valence-corrected chi connectivity index (χ4v) is 1.55. The maximum Gasteiger partial charge on any atom is 0.338 e. The highest BCUT2D eigenvalue weighted by Crippen LogP contribution is 2.11. The molecule has 21 heavy (non-hydrogen) atoms. The maximum absolute atomic E-state index is 11.7. The molecular weight excluding hydrogens is 272 g/mol. The van der Waals surface area contributed by atoms with Gasteiger partial charge in [0.2, 0.25) is 0 Å². The zero-order valence-corrected chi connectivity index (χ0v) is 12.5. The minimum absolute atomic E-state index is 0.0908. The number of nitrogens with zero attached hydrogens (tertiary/aromatic N) is 1. The van der Waals surface area contributed by atoms with Gasteiger partial charge in [0.15, 0.2) is 0 Å². The van der Waals surface area contributed by atoms with E-state index in [-0.39, 0.29) is 25.2 Å². The highest BCUT2D eigenvalue weighted by molar-refractivity contribution is 5.92. The second kappa shape index (κ2) is 8.97. The van der Waals surface area contributed by atoms with Gasteiger partial charge in [-0.1, -0.05) is 13.3 Å². The highest BCUT2D eigenvalue weighted by atomic mass is 16.5. The van der Waals surface area contributed by atoms with Crippen LogP contribution in [0.3, 0.4) is 0 Å². The lowest BCUT2D eigenvalue weighted by Gasteiger charge is -2.16. The van der Waals surface area contributed by atoms with Gasteiger partial charge in [-0.3, -0.25) is 0 Å². The number of hydrogen-bond acceptors (Lipinski definition) is 4. The second-order valence-electron chi connectivity index (χ2n) is 4.64. The molecule has 2 N–H and O–H groups in total. The third-order valence-corrected chi connectivity index (χ3v) is 2.89. The molecule has 0 saturated heterocycles. The third kappa shape index (κ3) is 5.83. The summed E-state index contributed by atoms with van der Waals surface area (Å²) in [6, 6.07) is 6.18. The van der Waals surface area contributed by atoms with E-state index in [1.807, 2.05) is 6.92 Å². The fraction of sp³-hybridized carbons (Fsp3) is 0.467. The molecule has 0 bridgehead atoms. The van der Waals surface area contributed by atoms with Crippen molar-refractivity contribution in [2.45, 2.75) is 19.8 Å². The van der Waals surface area contributed by atoms with Gasteiger partial charge in [-0.05, 0) is 30.7 Å². The molecule has 0 aliphatic rings. The lowest BCUT2D eigenvalue weighted by molar-refractivity contribution is 0.0500. The summed E-state index contributed by atoms with van der Waals surface area (Å²) < 4.78 is 5.10. The molecule has 0 fully saturated rings. The summed E-state index contributed by atoms with van der Waals surface area (Å²) in [6.45, 7) is 2.61. The molecule has 1 aromatic rings. The van der Waals surface area contributed by atoms with Crippen LogP contribution in [-0.2, 0) is 4.74 Å². The summed E-state index contributed by atoms with van der Waals surface area (Å²) >= 11 is 0. The van der Waals surface area contributed by atoms with Gasteiger partial charge in [0.1, 0.15) is 0 Å². The number of aliphatic hydroxyl groups is 1. The van der Waals surface area contributed by atoms with Crippen molar-refractivity contribution in [2.75, 3.05) is 32.1 Å². The van der Waals surface area contributed by atoms with E-state index in [9.17, 15) is 9.59 Å². The van der Waals surface area contributed by atoms with Gasteiger partial charge in [0.25, 0.3) is 0 Å². The summed E-state index contributed by atoms with van der Waals surface area (Å²) in [5, 5.41) is 11.4. The van der Waals surface area contributed by atoms with Gasteiger partial charge in [0, 0.05) is 19.3 Å². The van der Waals surface area contributed by atoms with Crippen molar-refractivity contribution < 1.29 is 19.4 Å². The number of carbonyl (C=O) groups is 2. The van der Waals surface area contributed by atoms with Crippen molar-refractivity contribution in [1.82, 2.24) is 4.90 Å². The van der Waals surface area contributed by atoms with Crippen LogP contribution in [0.4, 0.5) is 10.5 Å². The van der Waals surface area contributed by atoms with Crippen molar-refractivity contribution in [3.8, 4) is 0 Å². The number of rotatable bonds is 7. The molecule has 0 atom stereocenters. The summed E-state index contributed by atoms with van der Waals surface area (Å²) in [7, 11) is 1.59. The molecule has 0 radical (unpaired) electrons. The van der Waals surface area contributed by atoms with E-state index in [0.717, 1.165) is 12.8 Å². The Hall–Kier alpha value is -2.08. The van der Waals surface area contributed by atoms with E-state index >= 15 is 0 Å². The predicted molar refractivity (Wildman–Crippen MR) is 80.4 cm³/mol. The summed E-state index contributed by atoms with van der Waals surface area (Å²) in [6.07, 6.45) is 1.82. The fourth-order valence-electron chi connectivity index (χ4n) is 1.55. The average molecular weight is 294 g/mol. The first kappa shape index (κ1) is 17.0. The lowest BCUT2D eigenvalue weighted by atomic mass is 10.2. The number of esters is 1. The number of likely N-dealkylation sites (N-methyl/N-ethyl adjacent to an activating group) is 1. The van der Waals surface area contributed by atoms with Gasteiger partial charge >= 0.3 is 12.0 Å². The Morgan fingerprint density at radius 3 is 2.52 bits per heavy atom. The number of hydrogen-bond donors (Lipinski definition) is 2. The molecule has 0 aromatic heterocycles. The Labute approximate surface area is 124 Å². The molecule has 2 amide bonds. The summed E-state index contributed by atoms with van der Waals surface area (Å²) in [4.78, 5) is 24.8. The van der Waals surface area contributed by atoms with Crippen molar-refractivity contribution >= 4 is 17.7 Å². The first-order valence-corrected chi connectivity index (χ1v) is 6.98. The van der Waals surface area contributed by atoms with E-state index in [1.165, 1.54) is 4.90 Å². The molecule has 0 unspecified atom stereocenters. The number of benzene rings is 1. The van der Waals surface area contributed by atoms with Gasteiger partial charge in [-0.15, -0.1) is 0 Å². The molecular formula is C15H22N2O4. The van der Waals surface area contributed by atoms with E-state index in [2.05, 4.69) is 5.32 Å². The molecule has 0 heterocycles. The first-order chi connectivity index (χ1) is 10.1. The quantitative estimate of drug-likeness (QED) is 0.596. The van der Waals surface area contributed by atoms with Crippen molar-refractivity contribution in [3.63, 3.8) is 0 Å². The molecule has 0 saturated carbocycles. The predicted octanol–water partition coefficient (Wildman–Crippen LogP) is 2.10. The SMILES string of the molecule is CCCCOC(=O)c1ccc(NC(=O)N(C)CCO)cc1. The third-order valence-electron chi connectivity index (χ3n) is 2.89. The number of amides is 2. The van der Waals surface area contributed by atoms with Crippen LogP contribution < -0.4 is 5.32 Å². The zero-order valence-electron chi connectivity index (χ0n) is 12.5. The van der Waals surface area contributed by atoms with Crippen LogP contribution in [-0.4, -0.2) is 48.8 Å². The van der Waals surface area contributed by atoms with Gasteiger partial charge < -0.3 is 20.1 Å². The van der Waals surface area contributed by atoms with Crippen LogP contribution in [0.25, 0.3) is 0 Å². The number of aliphatic hydroxyl groups excluding tert-OH is 1. The van der Waals surface area contributed by atoms with Crippen molar-refractivity contribution in [3.05, 3.63) is 29.8 Å². The van der Waals surface area contributed by atoms with Crippen LogP contribution in [0.2, 0.25) is 0 Å². The summed E-state index contributed by atoms with van der Waals surface area (Å²) in [5.41, 5.74) is 1.03. The van der Waals surface area contributed by atoms with E-state index < -0.39 is 0 Å². The van der Waals surface area contributed by atoms with E-state index in [0.29, 0.717) is 17.9 Å². The van der Waals surface area contributed by atoms with Crippen LogP contribution >= 0.6 is 0 Å². The Morgan fingerprint density at radius 2 is 1.95 bits per heavy atom. The molecule has 6 heteroatoms. The largest absolute Gasteiger partial charge is 0.462 e. The average Bonchev–Trinajstić information content (AvgIpc) is 2.48. The van der Waals surface area contributed by atoms with Crippen LogP contribution in [0.5, 0.6) is 0 Å². The number of carbonyl (C=O) groups excluding carboxylic acids is 2. The molecule has 6 nitrogen and oxygen atoms in total. The van der Waals surface area contributed by atoms with Crippen molar-refractivity contribution in [2.24, 2.45) is 0 Å². The number of nitrogens with one attached hydrogen (secondary N) is 1. The Bertz CT molecular complexity index is 459. The highest BCUT2D eigenvalue weighted by Gasteiger charge is 2.10. The molecule has 116 valence electrons. The Morgan fingerprint density at radius 1 is 1.29 bits per heavy atom. The number of anilines is 1. The topological polar surface area (TPSA) is 78.9 Å². The smallest absolute Gasteiger partial charge is 0.338 e. The van der Waals surface area contributed by atoms with E-state index in [1.54, 1.807) is 31.3 Å². The second-order valence-corrected chi connectivity index (χ2v) is 4.64. The van der Waals surface area contributed by atoms with Crippen molar-refractivity contribution in [1.29, 1.82) is 0 Å². The van der Waals surface area contributed by atoms with Crippen LogP contribution in [0.1, 0.15) is 30.1 Å². The molecule has 1 aromatic carbocycles. The Balaban J connectivity index is 2.53.